The van der Waals surface area contributed by atoms with E-state index >= 15 is 0 Å². The molecule has 1 aromatic carbocycles. The second kappa shape index (κ2) is 4.58. The maximum atomic E-state index is 13.4. The summed E-state index contributed by atoms with van der Waals surface area (Å²) < 4.78 is 13.4. The summed E-state index contributed by atoms with van der Waals surface area (Å²) in [5, 5.41) is 0. The molecule has 92 valence electrons. The second-order valence-electron chi connectivity index (χ2n) is 4.31. The molecule has 0 amide bonds. The summed E-state index contributed by atoms with van der Waals surface area (Å²) >= 11 is 5.93. The highest BCUT2D eigenvalue weighted by Crippen LogP contribution is 2.36. The zero-order valence-electron chi connectivity index (χ0n) is 9.74. The molecule has 1 aliphatic rings. The van der Waals surface area contributed by atoms with Crippen LogP contribution in [0.5, 0.6) is 0 Å². The maximum Gasteiger partial charge on any atom is 0.125 e. The number of pyridine rings is 1. The molecule has 0 spiro atoms. The fraction of sp³-hybridized carbons (Fsp3) is 0.214. The lowest BCUT2D eigenvalue weighted by molar-refractivity contribution is 0.628. The number of hydrogen-bond acceptors (Lipinski definition) is 2. The number of nitrogens with zero attached hydrogens (tertiary/aromatic N) is 2. The topological polar surface area (TPSA) is 16.1 Å². The van der Waals surface area contributed by atoms with E-state index in [9.17, 15) is 4.39 Å². The molecule has 1 aromatic heterocycles. The van der Waals surface area contributed by atoms with Crippen LogP contribution >= 0.6 is 11.6 Å². The highest BCUT2D eigenvalue weighted by molar-refractivity contribution is 6.17. The first-order valence-corrected chi connectivity index (χ1v) is 6.38. The van der Waals surface area contributed by atoms with Gasteiger partial charge in [0.15, 0.2) is 0 Å². The summed E-state index contributed by atoms with van der Waals surface area (Å²) in [5.41, 5.74) is 4.10. The lowest BCUT2D eigenvalue weighted by Gasteiger charge is -2.21. The molecular formula is C14H12ClFN2. The predicted octanol–water partition coefficient (Wildman–Crippen LogP) is 3.65. The minimum Gasteiger partial charge on any atom is -0.340 e. The predicted molar refractivity (Wildman–Crippen MR) is 70.9 cm³/mol. The third-order valence-electron chi connectivity index (χ3n) is 3.26. The first kappa shape index (κ1) is 11.5. The van der Waals surface area contributed by atoms with E-state index in [0.717, 1.165) is 29.9 Å². The minimum absolute atomic E-state index is 0.206. The van der Waals surface area contributed by atoms with E-state index in [4.69, 9.17) is 11.6 Å². The van der Waals surface area contributed by atoms with Gasteiger partial charge < -0.3 is 4.90 Å². The normalized spacial score (nSPS) is 13.8. The molecule has 0 saturated carbocycles. The van der Waals surface area contributed by atoms with Gasteiger partial charge >= 0.3 is 0 Å². The van der Waals surface area contributed by atoms with Gasteiger partial charge in [-0.2, -0.15) is 0 Å². The number of fused-ring (bicyclic) bond motifs is 1. The van der Waals surface area contributed by atoms with Crippen LogP contribution in [0.25, 0.3) is 0 Å². The van der Waals surface area contributed by atoms with Gasteiger partial charge in [-0.1, -0.05) is 6.07 Å². The van der Waals surface area contributed by atoms with Crippen molar-refractivity contribution in [1.29, 1.82) is 0 Å². The van der Waals surface area contributed by atoms with Crippen LogP contribution in [-0.2, 0) is 12.3 Å². The summed E-state index contributed by atoms with van der Waals surface area (Å²) in [6.45, 7) is 0.854. The fourth-order valence-electron chi connectivity index (χ4n) is 2.39. The lowest BCUT2D eigenvalue weighted by atomic mass is 10.1. The quantitative estimate of drug-likeness (QED) is 0.768. The van der Waals surface area contributed by atoms with Crippen molar-refractivity contribution >= 4 is 23.0 Å². The van der Waals surface area contributed by atoms with Gasteiger partial charge in [-0.05, 0) is 30.2 Å². The van der Waals surface area contributed by atoms with Gasteiger partial charge in [0.25, 0.3) is 0 Å². The Morgan fingerprint density at radius 2 is 2.17 bits per heavy atom. The highest BCUT2D eigenvalue weighted by Gasteiger charge is 2.22. The van der Waals surface area contributed by atoms with Crippen molar-refractivity contribution < 1.29 is 4.39 Å². The SMILES string of the molecule is Fc1ccc2c(c1)N(c1ccncc1CCl)CC2. The largest absolute Gasteiger partial charge is 0.340 e. The Bertz CT molecular complexity index is 586. The molecule has 0 bridgehead atoms. The molecule has 0 unspecified atom stereocenters. The number of benzene rings is 1. The van der Waals surface area contributed by atoms with Crippen molar-refractivity contribution in [2.45, 2.75) is 12.3 Å². The summed E-state index contributed by atoms with van der Waals surface area (Å²) in [7, 11) is 0. The van der Waals surface area contributed by atoms with E-state index in [-0.39, 0.29) is 5.82 Å². The van der Waals surface area contributed by atoms with Crippen LogP contribution in [0.4, 0.5) is 15.8 Å². The van der Waals surface area contributed by atoms with E-state index < -0.39 is 0 Å². The molecule has 0 aliphatic carbocycles. The van der Waals surface area contributed by atoms with Crippen molar-refractivity contribution in [2.24, 2.45) is 0 Å². The third-order valence-corrected chi connectivity index (χ3v) is 3.54. The molecule has 0 N–H and O–H groups in total. The van der Waals surface area contributed by atoms with Gasteiger partial charge in [-0.25, -0.2) is 4.39 Å². The van der Waals surface area contributed by atoms with Crippen molar-refractivity contribution in [3.63, 3.8) is 0 Å². The zero-order valence-corrected chi connectivity index (χ0v) is 10.5. The summed E-state index contributed by atoms with van der Waals surface area (Å²) in [4.78, 5) is 6.18. The van der Waals surface area contributed by atoms with Crippen molar-refractivity contribution in [3.8, 4) is 0 Å². The number of alkyl halides is 1. The van der Waals surface area contributed by atoms with Gasteiger partial charge in [0.2, 0.25) is 0 Å². The lowest BCUT2D eigenvalue weighted by Crippen LogP contribution is -2.15. The Balaban J connectivity index is 2.08. The molecule has 3 rings (SSSR count). The Morgan fingerprint density at radius 1 is 1.28 bits per heavy atom. The number of halogens is 2. The standard InChI is InChI=1S/C14H12ClFN2/c15-8-11-9-17-5-3-13(11)18-6-4-10-1-2-12(16)7-14(10)18/h1-3,5,7,9H,4,6,8H2. The molecule has 1 aliphatic heterocycles. The number of aromatic nitrogens is 1. The van der Waals surface area contributed by atoms with Crippen LogP contribution in [0.1, 0.15) is 11.1 Å². The smallest absolute Gasteiger partial charge is 0.125 e. The number of hydrogen-bond donors (Lipinski definition) is 0. The monoisotopic (exact) mass is 262 g/mol. The molecule has 4 heteroatoms. The first-order valence-electron chi connectivity index (χ1n) is 5.84. The van der Waals surface area contributed by atoms with Gasteiger partial charge in [0, 0.05) is 35.9 Å². The molecule has 2 nitrogen and oxygen atoms in total. The average molecular weight is 263 g/mol. The third kappa shape index (κ3) is 1.85. The fourth-order valence-corrected chi connectivity index (χ4v) is 2.59. The van der Waals surface area contributed by atoms with Crippen LogP contribution < -0.4 is 4.90 Å². The highest BCUT2D eigenvalue weighted by atomic mass is 35.5. The summed E-state index contributed by atoms with van der Waals surface area (Å²) in [6, 6.07) is 6.88. The van der Waals surface area contributed by atoms with Crippen LogP contribution in [-0.4, -0.2) is 11.5 Å². The van der Waals surface area contributed by atoms with Crippen LogP contribution in [0, 0.1) is 5.82 Å². The van der Waals surface area contributed by atoms with E-state index in [1.54, 1.807) is 18.5 Å². The summed E-state index contributed by atoms with van der Waals surface area (Å²) in [6.07, 6.45) is 4.43. The molecule has 18 heavy (non-hydrogen) atoms. The van der Waals surface area contributed by atoms with Crippen LogP contribution in [0.2, 0.25) is 0 Å². The number of anilines is 2. The minimum atomic E-state index is -0.206. The second-order valence-corrected chi connectivity index (χ2v) is 4.58. The van der Waals surface area contributed by atoms with Gasteiger partial charge in [-0.15, -0.1) is 11.6 Å². The Morgan fingerprint density at radius 3 is 3.00 bits per heavy atom. The van der Waals surface area contributed by atoms with Crippen LogP contribution in [0.15, 0.2) is 36.7 Å². The van der Waals surface area contributed by atoms with Gasteiger partial charge in [0.1, 0.15) is 5.82 Å². The van der Waals surface area contributed by atoms with E-state index in [2.05, 4.69) is 9.88 Å². The molecular weight excluding hydrogens is 251 g/mol. The Labute approximate surface area is 110 Å². The molecule has 2 heterocycles. The van der Waals surface area contributed by atoms with Crippen molar-refractivity contribution in [3.05, 3.63) is 53.6 Å². The summed E-state index contributed by atoms with van der Waals surface area (Å²) in [5.74, 6) is 0.201. The molecule has 0 radical (unpaired) electrons. The average Bonchev–Trinajstić information content (AvgIpc) is 2.81. The number of rotatable bonds is 2. The Hall–Kier alpha value is -1.61. The van der Waals surface area contributed by atoms with Gasteiger partial charge in [-0.3, -0.25) is 4.98 Å². The van der Waals surface area contributed by atoms with Crippen molar-refractivity contribution in [1.82, 2.24) is 4.98 Å². The zero-order chi connectivity index (χ0) is 12.5. The Kier molecular flexibility index (Phi) is 2.92. The molecule has 0 fully saturated rings. The van der Waals surface area contributed by atoms with E-state index in [0.29, 0.717) is 5.88 Å². The maximum absolute atomic E-state index is 13.4. The van der Waals surface area contributed by atoms with Gasteiger partial charge in [0.05, 0.1) is 5.88 Å². The molecule has 0 atom stereocenters. The molecule has 2 aromatic rings. The van der Waals surface area contributed by atoms with E-state index in [1.165, 1.54) is 11.6 Å². The van der Waals surface area contributed by atoms with E-state index in [1.807, 2.05) is 12.1 Å². The van der Waals surface area contributed by atoms with Crippen LogP contribution in [0.3, 0.4) is 0 Å². The molecule has 0 saturated heterocycles. The first-order chi connectivity index (χ1) is 8.79. The van der Waals surface area contributed by atoms with Crippen molar-refractivity contribution in [2.75, 3.05) is 11.4 Å².